The lowest BCUT2D eigenvalue weighted by Crippen LogP contribution is -2.00. The molecular formula is C8H14O2. The van der Waals surface area contributed by atoms with E-state index < -0.39 is 0 Å². The number of hydrogen-bond donors (Lipinski definition) is 0. The number of epoxide rings is 1. The predicted molar refractivity (Wildman–Crippen MR) is 40.0 cm³/mol. The average Bonchev–Trinajstić information content (AvgIpc) is 2.71. The fourth-order valence-corrected chi connectivity index (χ4v) is 0.667. The molecule has 0 aromatic rings. The number of allylic oxidation sites excluding steroid dienone is 1. The Kier molecular flexibility index (Phi) is 3.47. The van der Waals surface area contributed by atoms with E-state index in [9.17, 15) is 0 Å². The summed E-state index contributed by atoms with van der Waals surface area (Å²) in [5, 5.41) is 0. The molecule has 1 rings (SSSR count). The fraction of sp³-hybridized carbons (Fsp3) is 0.750. The van der Waals surface area contributed by atoms with Gasteiger partial charge in [0.25, 0.3) is 0 Å². The van der Waals surface area contributed by atoms with Crippen molar-refractivity contribution in [2.75, 3.05) is 19.8 Å². The van der Waals surface area contributed by atoms with Crippen LogP contribution < -0.4 is 0 Å². The van der Waals surface area contributed by atoms with Gasteiger partial charge in [-0.15, -0.1) is 0 Å². The summed E-state index contributed by atoms with van der Waals surface area (Å²) in [5.41, 5.74) is 0. The lowest BCUT2D eigenvalue weighted by Gasteiger charge is -1.94. The van der Waals surface area contributed by atoms with E-state index in [2.05, 4.69) is 13.0 Å². The van der Waals surface area contributed by atoms with Gasteiger partial charge in [-0.2, -0.15) is 0 Å². The van der Waals surface area contributed by atoms with Gasteiger partial charge in [0, 0.05) is 0 Å². The Bertz CT molecular complexity index is 106. The quantitative estimate of drug-likeness (QED) is 0.328. The van der Waals surface area contributed by atoms with Gasteiger partial charge in [-0.3, -0.25) is 0 Å². The average molecular weight is 142 g/mol. The Morgan fingerprint density at radius 2 is 2.40 bits per heavy atom. The molecule has 0 aliphatic carbocycles. The van der Waals surface area contributed by atoms with E-state index >= 15 is 0 Å². The standard InChI is InChI=1S/C8H14O2/c1-2-3-4-5-9-6-8-7-10-8/h3-4,8H,2,5-7H2,1H3. The van der Waals surface area contributed by atoms with Gasteiger partial charge in [-0.1, -0.05) is 19.1 Å². The largest absolute Gasteiger partial charge is 0.375 e. The maximum Gasteiger partial charge on any atom is 0.104 e. The molecule has 1 unspecified atom stereocenters. The zero-order chi connectivity index (χ0) is 7.23. The first kappa shape index (κ1) is 7.76. The van der Waals surface area contributed by atoms with Gasteiger partial charge in [0.2, 0.25) is 0 Å². The summed E-state index contributed by atoms with van der Waals surface area (Å²) < 4.78 is 10.2. The second kappa shape index (κ2) is 4.47. The molecule has 0 radical (unpaired) electrons. The summed E-state index contributed by atoms with van der Waals surface area (Å²) in [6, 6.07) is 0. The van der Waals surface area contributed by atoms with Crippen LogP contribution in [0.2, 0.25) is 0 Å². The van der Waals surface area contributed by atoms with Crippen LogP contribution in [-0.4, -0.2) is 25.9 Å². The van der Waals surface area contributed by atoms with Gasteiger partial charge >= 0.3 is 0 Å². The lowest BCUT2D eigenvalue weighted by atomic mass is 10.4. The summed E-state index contributed by atoms with van der Waals surface area (Å²) in [6.07, 6.45) is 5.63. The van der Waals surface area contributed by atoms with Gasteiger partial charge in [0.1, 0.15) is 6.10 Å². The summed E-state index contributed by atoms with van der Waals surface area (Å²) in [7, 11) is 0. The van der Waals surface area contributed by atoms with Crippen LogP contribution >= 0.6 is 0 Å². The van der Waals surface area contributed by atoms with E-state index in [4.69, 9.17) is 9.47 Å². The summed E-state index contributed by atoms with van der Waals surface area (Å²) in [6.45, 7) is 4.49. The molecular weight excluding hydrogens is 128 g/mol. The first-order valence-electron chi connectivity index (χ1n) is 3.78. The second-order valence-corrected chi connectivity index (χ2v) is 2.37. The Labute approximate surface area is 61.8 Å². The number of rotatable bonds is 5. The molecule has 1 fully saturated rings. The summed E-state index contributed by atoms with van der Waals surface area (Å²) in [4.78, 5) is 0. The third-order valence-corrected chi connectivity index (χ3v) is 1.32. The molecule has 1 heterocycles. The van der Waals surface area contributed by atoms with Gasteiger partial charge < -0.3 is 9.47 Å². The highest BCUT2D eigenvalue weighted by Crippen LogP contribution is 2.07. The Morgan fingerprint density at radius 1 is 1.60 bits per heavy atom. The highest BCUT2D eigenvalue weighted by atomic mass is 16.6. The summed E-state index contributed by atoms with van der Waals surface area (Å²) in [5.74, 6) is 0. The minimum Gasteiger partial charge on any atom is -0.375 e. The van der Waals surface area contributed by atoms with Crippen molar-refractivity contribution >= 4 is 0 Å². The van der Waals surface area contributed by atoms with E-state index in [0.717, 1.165) is 26.2 Å². The SMILES string of the molecule is CCC=CCOCC1CO1. The van der Waals surface area contributed by atoms with Crippen molar-refractivity contribution in [3.8, 4) is 0 Å². The molecule has 10 heavy (non-hydrogen) atoms. The minimum absolute atomic E-state index is 0.398. The Hall–Kier alpha value is -0.340. The molecule has 0 amide bonds. The minimum atomic E-state index is 0.398. The van der Waals surface area contributed by atoms with Crippen molar-refractivity contribution in [3.63, 3.8) is 0 Å². The predicted octanol–water partition coefficient (Wildman–Crippen LogP) is 1.37. The normalized spacial score (nSPS) is 23.9. The third-order valence-electron chi connectivity index (χ3n) is 1.32. The first-order valence-corrected chi connectivity index (χ1v) is 3.78. The van der Waals surface area contributed by atoms with Gasteiger partial charge in [-0.05, 0) is 6.42 Å². The molecule has 0 bridgehead atoms. The monoisotopic (exact) mass is 142 g/mol. The molecule has 1 saturated heterocycles. The van der Waals surface area contributed by atoms with Crippen molar-refractivity contribution in [1.82, 2.24) is 0 Å². The highest BCUT2D eigenvalue weighted by Gasteiger charge is 2.21. The van der Waals surface area contributed by atoms with Gasteiger partial charge in [0.15, 0.2) is 0 Å². The van der Waals surface area contributed by atoms with Crippen molar-refractivity contribution < 1.29 is 9.47 Å². The van der Waals surface area contributed by atoms with Crippen LogP contribution in [0.4, 0.5) is 0 Å². The number of hydrogen-bond acceptors (Lipinski definition) is 2. The zero-order valence-electron chi connectivity index (χ0n) is 6.38. The van der Waals surface area contributed by atoms with Crippen LogP contribution in [0, 0.1) is 0 Å². The Balaban J connectivity index is 1.80. The van der Waals surface area contributed by atoms with Gasteiger partial charge in [0.05, 0.1) is 19.8 Å². The zero-order valence-corrected chi connectivity index (χ0v) is 6.38. The van der Waals surface area contributed by atoms with Crippen LogP contribution in [0.5, 0.6) is 0 Å². The highest BCUT2D eigenvalue weighted by molar-refractivity contribution is 4.80. The number of ether oxygens (including phenoxy) is 2. The second-order valence-electron chi connectivity index (χ2n) is 2.37. The summed E-state index contributed by atoms with van der Waals surface area (Å²) >= 11 is 0. The molecule has 0 aromatic carbocycles. The maximum absolute atomic E-state index is 5.25. The van der Waals surface area contributed by atoms with Crippen molar-refractivity contribution in [2.24, 2.45) is 0 Å². The molecule has 0 aromatic heterocycles. The molecule has 0 spiro atoms. The van der Waals surface area contributed by atoms with Crippen molar-refractivity contribution in [3.05, 3.63) is 12.2 Å². The van der Waals surface area contributed by atoms with E-state index in [0.29, 0.717) is 6.10 Å². The van der Waals surface area contributed by atoms with E-state index in [1.807, 2.05) is 6.08 Å². The third kappa shape index (κ3) is 3.64. The molecule has 2 heteroatoms. The first-order chi connectivity index (χ1) is 4.93. The molecule has 1 aliphatic heterocycles. The van der Waals surface area contributed by atoms with Crippen LogP contribution in [-0.2, 0) is 9.47 Å². The van der Waals surface area contributed by atoms with Gasteiger partial charge in [-0.25, -0.2) is 0 Å². The van der Waals surface area contributed by atoms with Crippen LogP contribution in [0.25, 0.3) is 0 Å². The van der Waals surface area contributed by atoms with Crippen LogP contribution in [0.1, 0.15) is 13.3 Å². The lowest BCUT2D eigenvalue weighted by molar-refractivity contribution is 0.141. The molecule has 0 saturated carbocycles. The van der Waals surface area contributed by atoms with Crippen LogP contribution in [0.3, 0.4) is 0 Å². The molecule has 2 nitrogen and oxygen atoms in total. The molecule has 58 valence electrons. The maximum atomic E-state index is 5.25. The Morgan fingerprint density at radius 3 is 3.00 bits per heavy atom. The van der Waals surface area contributed by atoms with E-state index in [1.165, 1.54) is 0 Å². The fourth-order valence-electron chi connectivity index (χ4n) is 0.667. The van der Waals surface area contributed by atoms with E-state index in [1.54, 1.807) is 0 Å². The molecule has 0 N–H and O–H groups in total. The smallest absolute Gasteiger partial charge is 0.104 e. The van der Waals surface area contributed by atoms with E-state index in [-0.39, 0.29) is 0 Å². The van der Waals surface area contributed by atoms with Crippen LogP contribution in [0.15, 0.2) is 12.2 Å². The topological polar surface area (TPSA) is 21.8 Å². The molecule has 1 aliphatic rings. The van der Waals surface area contributed by atoms with Crippen molar-refractivity contribution in [2.45, 2.75) is 19.4 Å². The van der Waals surface area contributed by atoms with Crippen molar-refractivity contribution in [1.29, 1.82) is 0 Å². The molecule has 1 atom stereocenters.